The number of allylic oxidation sites excluding steroid dienone is 1. The Kier molecular flexibility index (Phi) is 3.63. The van der Waals surface area contributed by atoms with Crippen molar-refractivity contribution in [2.45, 2.75) is 12.6 Å². The van der Waals surface area contributed by atoms with Gasteiger partial charge in [-0.2, -0.15) is 5.26 Å². The first-order valence-corrected chi connectivity index (χ1v) is 7.01. The third-order valence-electron chi connectivity index (χ3n) is 3.89. The van der Waals surface area contributed by atoms with Gasteiger partial charge in [-0.05, 0) is 11.1 Å². The number of aldehydes is 1. The molecule has 1 unspecified atom stereocenters. The van der Waals surface area contributed by atoms with E-state index in [0.29, 0.717) is 17.9 Å². The molecule has 4 heteroatoms. The number of carbonyl (C=O) groups is 1. The topological polar surface area (TPSA) is 70.1 Å². The molecule has 1 atom stereocenters. The summed E-state index contributed by atoms with van der Waals surface area (Å²) in [7, 11) is 0. The Morgan fingerprint density at radius 2 is 1.82 bits per heavy atom. The van der Waals surface area contributed by atoms with Crippen molar-refractivity contribution in [1.29, 1.82) is 5.26 Å². The van der Waals surface area contributed by atoms with Crippen molar-refractivity contribution >= 4 is 11.9 Å². The van der Waals surface area contributed by atoms with Crippen LogP contribution in [0, 0.1) is 11.3 Å². The van der Waals surface area contributed by atoms with E-state index in [1.807, 2.05) is 54.6 Å². The predicted octanol–water partition coefficient (Wildman–Crippen LogP) is 2.59. The SMILES string of the molecule is N#CC1=C(N)N(Cc2ccccc2)C(C=O)c2ccccc21. The van der Waals surface area contributed by atoms with Crippen LogP contribution in [0.25, 0.3) is 5.57 Å². The molecule has 2 aromatic rings. The number of nitrogens with zero attached hydrogens (tertiary/aromatic N) is 2. The van der Waals surface area contributed by atoms with Crippen LogP contribution in [0.2, 0.25) is 0 Å². The first-order valence-electron chi connectivity index (χ1n) is 7.01. The van der Waals surface area contributed by atoms with Gasteiger partial charge in [0.2, 0.25) is 0 Å². The normalized spacial score (nSPS) is 16.9. The fourth-order valence-corrected chi connectivity index (χ4v) is 2.81. The molecule has 3 rings (SSSR count). The summed E-state index contributed by atoms with van der Waals surface area (Å²) >= 11 is 0. The molecule has 2 N–H and O–H groups in total. The second kappa shape index (κ2) is 5.74. The molecule has 108 valence electrons. The lowest BCUT2D eigenvalue weighted by atomic mass is 9.90. The van der Waals surface area contributed by atoms with Gasteiger partial charge in [0, 0.05) is 12.1 Å². The molecule has 2 aromatic carbocycles. The van der Waals surface area contributed by atoms with E-state index in [9.17, 15) is 10.1 Å². The van der Waals surface area contributed by atoms with Crippen molar-refractivity contribution in [3.05, 3.63) is 77.1 Å². The van der Waals surface area contributed by atoms with E-state index in [-0.39, 0.29) is 0 Å². The summed E-state index contributed by atoms with van der Waals surface area (Å²) < 4.78 is 0. The highest BCUT2D eigenvalue weighted by atomic mass is 16.1. The van der Waals surface area contributed by atoms with E-state index in [0.717, 1.165) is 23.0 Å². The number of nitrogens with two attached hydrogens (primary N) is 1. The van der Waals surface area contributed by atoms with Crippen molar-refractivity contribution < 1.29 is 4.79 Å². The predicted molar refractivity (Wildman–Crippen MR) is 84.0 cm³/mol. The summed E-state index contributed by atoms with van der Waals surface area (Å²) in [5.74, 6) is 0.349. The lowest BCUT2D eigenvalue weighted by Crippen LogP contribution is -2.36. The van der Waals surface area contributed by atoms with Gasteiger partial charge in [-0.1, -0.05) is 54.6 Å². The molecule has 22 heavy (non-hydrogen) atoms. The first-order chi connectivity index (χ1) is 10.8. The smallest absolute Gasteiger partial charge is 0.147 e. The van der Waals surface area contributed by atoms with E-state index >= 15 is 0 Å². The molecule has 4 nitrogen and oxygen atoms in total. The van der Waals surface area contributed by atoms with Crippen LogP contribution in [0.15, 0.2) is 60.4 Å². The zero-order valence-corrected chi connectivity index (χ0v) is 11.9. The molecule has 0 fully saturated rings. The Hall–Kier alpha value is -3.06. The van der Waals surface area contributed by atoms with E-state index in [1.165, 1.54) is 0 Å². The number of hydrogen-bond acceptors (Lipinski definition) is 4. The molecular formula is C18H15N3O. The zero-order valence-electron chi connectivity index (χ0n) is 11.9. The van der Waals surface area contributed by atoms with Crippen LogP contribution < -0.4 is 5.73 Å². The highest BCUT2D eigenvalue weighted by molar-refractivity contribution is 5.85. The van der Waals surface area contributed by atoms with E-state index in [2.05, 4.69) is 6.07 Å². The quantitative estimate of drug-likeness (QED) is 0.882. The van der Waals surface area contributed by atoms with Crippen molar-refractivity contribution in [3.63, 3.8) is 0 Å². The molecular weight excluding hydrogens is 274 g/mol. The number of fused-ring (bicyclic) bond motifs is 1. The van der Waals surface area contributed by atoms with E-state index in [1.54, 1.807) is 4.90 Å². The molecule has 0 spiro atoms. The minimum absolute atomic E-state index is 0.349. The maximum absolute atomic E-state index is 11.7. The molecule has 0 aliphatic carbocycles. The Bertz CT molecular complexity index is 774. The fourth-order valence-electron chi connectivity index (χ4n) is 2.81. The minimum Gasteiger partial charge on any atom is -0.384 e. The molecule has 0 radical (unpaired) electrons. The summed E-state index contributed by atoms with van der Waals surface area (Å²) in [6.45, 7) is 0.482. The van der Waals surface area contributed by atoms with Gasteiger partial charge >= 0.3 is 0 Å². The van der Waals surface area contributed by atoms with Crippen molar-refractivity contribution in [1.82, 2.24) is 4.90 Å². The number of hydrogen-bond donors (Lipinski definition) is 1. The summed E-state index contributed by atoms with van der Waals surface area (Å²) in [6, 6.07) is 18.9. The van der Waals surface area contributed by atoms with Gasteiger partial charge in [0.05, 0.1) is 5.57 Å². The van der Waals surface area contributed by atoms with E-state index in [4.69, 9.17) is 5.73 Å². The third kappa shape index (κ3) is 2.23. The lowest BCUT2D eigenvalue weighted by molar-refractivity contribution is -0.112. The maximum atomic E-state index is 11.7. The molecule has 0 saturated heterocycles. The first kappa shape index (κ1) is 13.9. The van der Waals surface area contributed by atoms with Gasteiger partial charge in [0.1, 0.15) is 24.2 Å². The maximum Gasteiger partial charge on any atom is 0.147 e. The number of rotatable bonds is 3. The highest BCUT2D eigenvalue weighted by Crippen LogP contribution is 2.36. The van der Waals surface area contributed by atoms with E-state index < -0.39 is 6.04 Å². The summed E-state index contributed by atoms with van der Waals surface area (Å²) in [6.07, 6.45) is 0.878. The number of nitriles is 1. The largest absolute Gasteiger partial charge is 0.384 e. The molecule has 0 aromatic heterocycles. The Morgan fingerprint density at radius 3 is 2.50 bits per heavy atom. The Morgan fingerprint density at radius 1 is 1.14 bits per heavy atom. The summed E-state index contributed by atoms with van der Waals surface area (Å²) in [5.41, 5.74) is 9.20. The van der Waals surface area contributed by atoms with Gasteiger partial charge < -0.3 is 15.4 Å². The van der Waals surface area contributed by atoms with Crippen molar-refractivity contribution in [3.8, 4) is 6.07 Å². The van der Waals surface area contributed by atoms with Gasteiger partial charge in [0.25, 0.3) is 0 Å². The second-order valence-electron chi connectivity index (χ2n) is 5.15. The van der Waals surface area contributed by atoms with Crippen LogP contribution in [-0.4, -0.2) is 11.2 Å². The third-order valence-corrected chi connectivity index (χ3v) is 3.89. The standard InChI is InChI=1S/C18H15N3O/c19-10-16-14-8-4-5-9-15(14)17(12-22)21(18(16)20)11-13-6-2-1-3-7-13/h1-9,12,17H,11,20H2. The van der Waals surface area contributed by atoms with Crippen LogP contribution in [0.4, 0.5) is 0 Å². The van der Waals surface area contributed by atoms with Crippen LogP contribution in [0.3, 0.4) is 0 Å². The minimum atomic E-state index is -0.478. The van der Waals surface area contributed by atoms with Gasteiger partial charge in [-0.25, -0.2) is 0 Å². The summed E-state index contributed by atoms with van der Waals surface area (Å²) in [5, 5.41) is 9.45. The van der Waals surface area contributed by atoms with Crippen LogP contribution in [-0.2, 0) is 11.3 Å². The molecule has 1 aliphatic rings. The second-order valence-corrected chi connectivity index (χ2v) is 5.15. The zero-order chi connectivity index (χ0) is 15.5. The van der Waals surface area contributed by atoms with Gasteiger partial charge in [-0.3, -0.25) is 0 Å². The molecule has 1 aliphatic heterocycles. The monoisotopic (exact) mass is 289 g/mol. The summed E-state index contributed by atoms with van der Waals surface area (Å²) in [4.78, 5) is 13.4. The van der Waals surface area contributed by atoms with Crippen molar-refractivity contribution in [2.24, 2.45) is 5.73 Å². The molecule has 1 heterocycles. The molecule has 0 amide bonds. The van der Waals surface area contributed by atoms with Gasteiger partial charge in [0.15, 0.2) is 0 Å². The molecule has 0 saturated carbocycles. The Labute approximate surface area is 129 Å². The average molecular weight is 289 g/mol. The van der Waals surface area contributed by atoms with Crippen LogP contribution in [0.5, 0.6) is 0 Å². The van der Waals surface area contributed by atoms with Gasteiger partial charge in [-0.15, -0.1) is 0 Å². The van der Waals surface area contributed by atoms with Crippen LogP contribution in [0.1, 0.15) is 22.7 Å². The van der Waals surface area contributed by atoms with Crippen molar-refractivity contribution in [2.75, 3.05) is 0 Å². The Balaban J connectivity index is 2.10. The fraction of sp³-hybridized carbons (Fsp3) is 0.111. The number of carbonyl (C=O) groups excluding carboxylic acids is 1. The molecule has 0 bridgehead atoms. The average Bonchev–Trinajstić information content (AvgIpc) is 2.57. The lowest BCUT2D eigenvalue weighted by Gasteiger charge is -2.36. The number of benzene rings is 2. The highest BCUT2D eigenvalue weighted by Gasteiger charge is 2.31. The van der Waals surface area contributed by atoms with Crippen LogP contribution >= 0.6 is 0 Å².